The Kier molecular flexibility index (Phi) is 2.60. The maximum atomic E-state index is 13.5. The Bertz CT molecular complexity index is 382. The van der Waals surface area contributed by atoms with Crippen molar-refractivity contribution in [1.82, 2.24) is 10.2 Å². The van der Waals surface area contributed by atoms with Crippen LogP contribution >= 0.6 is 15.9 Å². The molecule has 5 unspecified atom stereocenters. The van der Waals surface area contributed by atoms with Crippen molar-refractivity contribution in [3.63, 3.8) is 0 Å². The predicted octanol–water partition coefficient (Wildman–Crippen LogP) is 0.111. The van der Waals surface area contributed by atoms with Gasteiger partial charge in [-0.05, 0) is 0 Å². The van der Waals surface area contributed by atoms with E-state index in [0.717, 1.165) is 0 Å². The van der Waals surface area contributed by atoms with Gasteiger partial charge in [-0.3, -0.25) is 15.0 Å². The zero-order valence-corrected chi connectivity index (χ0v) is 10.2. The zero-order valence-electron chi connectivity index (χ0n) is 8.64. The van der Waals surface area contributed by atoms with E-state index in [1.165, 1.54) is 4.90 Å². The highest BCUT2D eigenvalue weighted by atomic mass is 79.9. The molecule has 3 amide bonds. The molecule has 8 heteroatoms. The topological polar surface area (TPSA) is 67.9 Å². The van der Waals surface area contributed by atoms with Crippen molar-refractivity contribution in [3.8, 4) is 0 Å². The van der Waals surface area contributed by atoms with Gasteiger partial charge in [-0.1, -0.05) is 15.9 Å². The van der Waals surface area contributed by atoms with E-state index >= 15 is 0 Å². The number of nitrogens with zero attached hydrogens (tertiary/aromatic N) is 1. The fourth-order valence-electron chi connectivity index (χ4n) is 2.29. The summed E-state index contributed by atoms with van der Waals surface area (Å²) in [5.74, 6) is -0.453. The van der Waals surface area contributed by atoms with Crippen LogP contribution in [0.15, 0.2) is 0 Å². The van der Waals surface area contributed by atoms with Crippen molar-refractivity contribution < 1.29 is 23.5 Å². The zero-order chi connectivity index (χ0) is 12.2. The second-order valence-electron chi connectivity index (χ2n) is 4.21. The van der Waals surface area contributed by atoms with Crippen LogP contribution in [-0.2, 0) is 14.3 Å². The maximum absolute atomic E-state index is 13.5. The van der Waals surface area contributed by atoms with Crippen LogP contribution in [0, 0.1) is 0 Å². The standard InChI is InChI=1S/C9H10BrFN2O4/c10-6-7(14)12-9(15)13-5-1-3(11)4(17-5)2-16-8(6)13/h3-6,8H,1-2H2,(H,12,14,15). The van der Waals surface area contributed by atoms with Gasteiger partial charge >= 0.3 is 6.03 Å². The molecule has 0 aromatic rings. The number of hydrogen-bond donors (Lipinski definition) is 1. The number of carbonyl (C=O) groups excluding carboxylic acids is 2. The van der Waals surface area contributed by atoms with Crippen LogP contribution in [-0.4, -0.2) is 53.0 Å². The third-order valence-corrected chi connectivity index (χ3v) is 4.01. The molecule has 94 valence electrons. The first-order valence-electron chi connectivity index (χ1n) is 5.26. The number of carbonyl (C=O) groups is 2. The van der Waals surface area contributed by atoms with Gasteiger partial charge < -0.3 is 9.47 Å². The Morgan fingerprint density at radius 2 is 2.24 bits per heavy atom. The lowest BCUT2D eigenvalue weighted by Gasteiger charge is -2.39. The number of hydrogen-bond acceptors (Lipinski definition) is 4. The average molecular weight is 309 g/mol. The molecule has 0 aromatic carbocycles. The normalized spacial score (nSPS) is 45.3. The fraction of sp³-hybridized carbons (Fsp3) is 0.778. The average Bonchev–Trinajstić information content (AvgIpc) is 2.51. The lowest BCUT2D eigenvalue weighted by Crippen LogP contribution is -2.64. The number of amides is 3. The summed E-state index contributed by atoms with van der Waals surface area (Å²) in [6.45, 7) is 0.0431. The minimum absolute atomic E-state index is 0.0431. The first kappa shape index (κ1) is 11.4. The van der Waals surface area contributed by atoms with Crippen LogP contribution < -0.4 is 5.32 Å². The number of fused-ring (bicyclic) bond motifs is 4. The van der Waals surface area contributed by atoms with Crippen molar-refractivity contribution in [3.05, 3.63) is 0 Å². The molecule has 0 aromatic heterocycles. The Balaban J connectivity index is 1.91. The highest BCUT2D eigenvalue weighted by Crippen LogP contribution is 2.34. The molecular weight excluding hydrogens is 299 g/mol. The van der Waals surface area contributed by atoms with Crippen molar-refractivity contribution in [1.29, 1.82) is 0 Å². The first-order chi connectivity index (χ1) is 8.08. The molecule has 17 heavy (non-hydrogen) atoms. The molecule has 0 saturated carbocycles. The Labute approximate surface area is 105 Å². The minimum Gasteiger partial charge on any atom is -0.354 e. The molecular formula is C9H10BrFN2O4. The lowest BCUT2D eigenvalue weighted by molar-refractivity contribution is -0.132. The molecule has 3 heterocycles. The van der Waals surface area contributed by atoms with E-state index in [9.17, 15) is 14.0 Å². The van der Waals surface area contributed by atoms with E-state index in [1.807, 2.05) is 0 Å². The monoisotopic (exact) mass is 308 g/mol. The van der Waals surface area contributed by atoms with Gasteiger partial charge in [-0.2, -0.15) is 0 Å². The minimum atomic E-state index is -1.14. The molecule has 5 atom stereocenters. The molecule has 2 bridgehead atoms. The van der Waals surface area contributed by atoms with Crippen LogP contribution in [0.1, 0.15) is 6.42 Å². The van der Waals surface area contributed by atoms with E-state index in [2.05, 4.69) is 21.2 Å². The summed E-state index contributed by atoms with van der Waals surface area (Å²) >= 11 is 3.16. The number of halogens is 2. The SMILES string of the molecule is O=C1NC(=O)N2C3CC(F)C(COC2C1Br)O3. The van der Waals surface area contributed by atoms with Gasteiger partial charge in [0.1, 0.15) is 23.3 Å². The van der Waals surface area contributed by atoms with Crippen LogP contribution in [0.25, 0.3) is 0 Å². The van der Waals surface area contributed by atoms with Crippen molar-refractivity contribution in [2.45, 2.75) is 36.0 Å². The van der Waals surface area contributed by atoms with Crippen LogP contribution in [0.5, 0.6) is 0 Å². The van der Waals surface area contributed by atoms with E-state index in [1.54, 1.807) is 0 Å². The summed E-state index contributed by atoms with van der Waals surface area (Å²) in [5, 5.41) is 2.17. The molecule has 6 nitrogen and oxygen atoms in total. The quantitative estimate of drug-likeness (QED) is 0.645. The summed E-state index contributed by atoms with van der Waals surface area (Å²) in [6, 6.07) is -0.601. The smallest absolute Gasteiger partial charge is 0.328 e. The molecule has 3 aliphatic heterocycles. The predicted molar refractivity (Wildman–Crippen MR) is 56.0 cm³/mol. The molecule has 1 N–H and O–H groups in total. The third-order valence-electron chi connectivity index (χ3n) is 3.14. The van der Waals surface area contributed by atoms with Gasteiger partial charge in [0.05, 0.1) is 6.61 Å². The summed E-state index contributed by atoms with van der Waals surface area (Å²) in [5.41, 5.74) is 0. The summed E-state index contributed by atoms with van der Waals surface area (Å²) in [6.07, 6.45) is -3.09. The van der Waals surface area contributed by atoms with Crippen LogP contribution in [0.3, 0.4) is 0 Å². The maximum Gasteiger partial charge on any atom is 0.328 e. The molecule has 3 saturated heterocycles. The molecule has 0 aliphatic carbocycles. The molecule has 3 aliphatic rings. The van der Waals surface area contributed by atoms with E-state index in [-0.39, 0.29) is 13.0 Å². The van der Waals surface area contributed by atoms with Gasteiger partial charge in [-0.15, -0.1) is 0 Å². The number of alkyl halides is 2. The van der Waals surface area contributed by atoms with E-state index in [4.69, 9.17) is 9.47 Å². The first-order valence-corrected chi connectivity index (χ1v) is 6.18. The van der Waals surface area contributed by atoms with Gasteiger partial charge in [0.2, 0.25) is 5.91 Å². The Morgan fingerprint density at radius 3 is 3.00 bits per heavy atom. The molecule has 0 spiro atoms. The highest BCUT2D eigenvalue weighted by molar-refractivity contribution is 9.10. The summed E-state index contributed by atoms with van der Waals surface area (Å²) < 4.78 is 24.3. The Morgan fingerprint density at radius 1 is 1.47 bits per heavy atom. The second kappa shape index (κ2) is 3.89. The van der Waals surface area contributed by atoms with Gasteiger partial charge in [0.25, 0.3) is 0 Å². The van der Waals surface area contributed by atoms with Gasteiger partial charge in [0, 0.05) is 6.42 Å². The number of ether oxygens (including phenoxy) is 2. The van der Waals surface area contributed by atoms with E-state index < -0.39 is 41.5 Å². The molecule has 3 rings (SSSR count). The third kappa shape index (κ3) is 1.66. The summed E-state index contributed by atoms with van der Waals surface area (Å²) in [7, 11) is 0. The van der Waals surface area contributed by atoms with Crippen molar-refractivity contribution in [2.24, 2.45) is 0 Å². The lowest BCUT2D eigenvalue weighted by atomic mass is 10.1. The Hall–Kier alpha value is -0.730. The number of imide groups is 1. The van der Waals surface area contributed by atoms with Crippen LogP contribution in [0.2, 0.25) is 0 Å². The summed E-state index contributed by atoms with van der Waals surface area (Å²) in [4.78, 5) is 23.7. The van der Waals surface area contributed by atoms with Gasteiger partial charge in [0.15, 0.2) is 6.23 Å². The van der Waals surface area contributed by atoms with E-state index in [0.29, 0.717) is 0 Å². The number of nitrogens with one attached hydrogen (secondary N) is 1. The van der Waals surface area contributed by atoms with Crippen LogP contribution in [0.4, 0.5) is 9.18 Å². The second-order valence-corrected chi connectivity index (χ2v) is 5.19. The largest absolute Gasteiger partial charge is 0.354 e. The van der Waals surface area contributed by atoms with Crippen molar-refractivity contribution in [2.75, 3.05) is 6.61 Å². The number of rotatable bonds is 0. The molecule has 3 fully saturated rings. The van der Waals surface area contributed by atoms with Gasteiger partial charge in [-0.25, -0.2) is 9.18 Å². The highest BCUT2D eigenvalue weighted by Gasteiger charge is 2.51. The molecule has 0 radical (unpaired) electrons. The fourth-order valence-corrected chi connectivity index (χ4v) is 2.81. The number of urea groups is 1. The van der Waals surface area contributed by atoms with Crippen molar-refractivity contribution >= 4 is 27.9 Å².